The lowest BCUT2D eigenvalue weighted by atomic mass is 9.99. The number of rotatable bonds is 4. The largest absolute Gasteiger partial charge is 0.504 e. The average Bonchev–Trinajstić information content (AvgIpc) is 2.46. The first-order chi connectivity index (χ1) is 9.21. The summed E-state index contributed by atoms with van der Waals surface area (Å²) in [4.78, 5) is 12.3. The second kappa shape index (κ2) is 5.80. The summed E-state index contributed by atoms with van der Waals surface area (Å²) in [5, 5.41) is 9.89. The van der Waals surface area contributed by atoms with Gasteiger partial charge < -0.3 is 9.84 Å². The summed E-state index contributed by atoms with van der Waals surface area (Å²) < 4.78 is 5.02. The molecule has 0 unspecified atom stereocenters. The molecule has 2 aromatic carbocycles. The molecule has 2 rings (SSSR count). The summed E-state index contributed by atoms with van der Waals surface area (Å²) in [6.45, 7) is 0. The van der Waals surface area contributed by atoms with Crippen molar-refractivity contribution in [2.45, 2.75) is 4.90 Å². The van der Waals surface area contributed by atoms with E-state index in [1.807, 2.05) is 30.5 Å². The number of hydrogen-bond donors (Lipinski definition) is 1. The highest BCUT2D eigenvalue weighted by molar-refractivity contribution is 7.98. The first kappa shape index (κ1) is 13.5. The molecule has 1 N–H and O–H groups in total. The van der Waals surface area contributed by atoms with Gasteiger partial charge in [-0.05, 0) is 35.6 Å². The van der Waals surface area contributed by atoms with Crippen molar-refractivity contribution in [2.24, 2.45) is 0 Å². The number of aromatic hydroxyl groups is 1. The van der Waals surface area contributed by atoms with Crippen LogP contribution in [0.5, 0.6) is 11.5 Å². The maximum absolute atomic E-state index is 11.2. The van der Waals surface area contributed by atoms with E-state index in [0.717, 1.165) is 16.7 Å². The summed E-state index contributed by atoms with van der Waals surface area (Å²) in [6.07, 6.45) is 2.75. The smallest absolute Gasteiger partial charge is 0.161 e. The Balaban J connectivity index is 2.67. The van der Waals surface area contributed by atoms with Crippen LogP contribution in [0.3, 0.4) is 0 Å². The van der Waals surface area contributed by atoms with E-state index in [9.17, 15) is 9.90 Å². The van der Waals surface area contributed by atoms with Gasteiger partial charge in [-0.25, -0.2) is 0 Å². The third kappa shape index (κ3) is 2.58. The van der Waals surface area contributed by atoms with Crippen molar-refractivity contribution in [2.75, 3.05) is 13.4 Å². The van der Waals surface area contributed by atoms with Gasteiger partial charge in [0.2, 0.25) is 0 Å². The first-order valence-electron chi connectivity index (χ1n) is 5.70. The molecule has 0 aliphatic rings. The van der Waals surface area contributed by atoms with Crippen LogP contribution in [0, 0.1) is 0 Å². The predicted octanol–water partition coefficient (Wildman–Crippen LogP) is 3.60. The minimum absolute atomic E-state index is 0.0269. The monoisotopic (exact) mass is 274 g/mol. The molecule has 4 heteroatoms. The molecule has 98 valence electrons. The van der Waals surface area contributed by atoms with Crippen molar-refractivity contribution >= 4 is 18.0 Å². The Morgan fingerprint density at radius 3 is 2.58 bits per heavy atom. The van der Waals surface area contributed by atoms with E-state index in [4.69, 9.17) is 4.74 Å². The molecule has 2 aromatic rings. The van der Waals surface area contributed by atoms with Gasteiger partial charge in [0.25, 0.3) is 0 Å². The average molecular weight is 274 g/mol. The normalized spacial score (nSPS) is 10.2. The van der Waals surface area contributed by atoms with Crippen molar-refractivity contribution in [3.63, 3.8) is 0 Å². The number of benzene rings is 2. The van der Waals surface area contributed by atoms with E-state index < -0.39 is 0 Å². The van der Waals surface area contributed by atoms with Gasteiger partial charge in [0.15, 0.2) is 17.8 Å². The summed E-state index contributed by atoms with van der Waals surface area (Å²) in [6, 6.07) is 10.9. The number of hydrogen-bond acceptors (Lipinski definition) is 4. The molecule has 0 spiro atoms. The molecule has 0 radical (unpaired) electrons. The zero-order valence-corrected chi connectivity index (χ0v) is 11.5. The van der Waals surface area contributed by atoms with E-state index in [2.05, 4.69) is 0 Å². The zero-order chi connectivity index (χ0) is 13.8. The maximum atomic E-state index is 11.2. The molecule has 19 heavy (non-hydrogen) atoms. The van der Waals surface area contributed by atoms with Crippen LogP contribution < -0.4 is 4.74 Å². The Bertz CT molecular complexity index is 608. The maximum Gasteiger partial charge on any atom is 0.161 e. The minimum Gasteiger partial charge on any atom is -0.504 e. The van der Waals surface area contributed by atoms with Gasteiger partial charge in [0.1, 0.15) is 0 Å². The number of phenols is 1. The number of methoxy groups -OCH3 is 1. The quantitative estimate of drug-likeness (QED) is 0.683. The molecule has 0 aromatic heterocycles. The van der Waals surface area contributed by atoms with Gasteiger partial charge in [0.05, 0.1) is 7.11 Å². The van der Waals surface area contributed by atoms with Crippen LogP contribution in [0.4, 0.5) is 0 Å². The van der Waals surface area contributed by atoms with Crippen LogP contribution in [0.25, 0.3) is 11.1 Å². The van der Waals surface area contributed by atoms with Gasteiger partial charge >= 0.3 is 0 Å². The number of aldehydes is 1. The van der Waals surface area contributed by atoms with Crippen LogP contribution in [0.15, 0.2) is 41.3 Å². The standard InChI is InChI=1S/C15H14O3S/c1-18-14-7-10(9-16)12(8-13(14)17)11-5-3-4-6-15(11)19-2/h3-9,17H,1-2H3. The van der Waals surface area contributed by atoms with Gasteiger partial charge in [-0.15, -0.1) is 11.8 Å². The third-order valence-electron chi connectivity index (χ3n) is 2.88. The van der Waals surface area contributed by atoms with E-state index >= 15 is 0 Å². The Hall–Kier alpha value is -1.94. The molecule has 0 amide bonds. The predicted molar refractivity (Wildman–Crippen MR) is 77.3 cm³/mol. The van der Waals surface area contributed by atoms with Gasteiger partial charge in [-0.3, -0.25) is 4.79 Å². The fourth-order valence-electron chi connectivity index (χ4n) is 1.95. The SMILES string of the molecule is COc1cc(C=O)c(-c2ccccc2SC)cc1O. The van der Waals surface area contributed by atoms with Crippen molar-refractivity contribution in [1.82, 2.24) is 0 Å². The van der Waals surface area contributed by atoms with Crippen molar-refractivity contribution in [3.8, 4) is 22.6 Å². The fourth-order valence-corrected chi connectivity index (χ4v) is 2.56. The van der Waals surface area contributed by atoms with E-state index in [1.54, 1.807) is 23.9 Å². The van der Waals surface area contributed by atoms with E-state index in [1.165, 1.54) is 7.11 Å². The summed E-state index contributed by atoms with van der Waals surface area (Å²) in [5.41, 5.74) is 2.13. The van der Waals surface area contributed by atoms with Crippen LogP contribution in [0.2, 0.25) is 0 Å². The summed E-state index contributed by atoms with van der Waals surface area (Å²) in [7, 11) is 1.46. The molecule has 0 saturated carbocycles. The zero-order valence-electron chi connectivity index (χ0n) is 10.7. The number of carbonyl (C=O) groups excluding carboxylic acids is 1. The molecule has 0 fully saturated rings. The second-order valence-corrected chi connectivity index (χ2v) is 4.78. The third-order valence-corrected chi connectivity index (χ3v) is 3.67. The molecular formula is C15H14O3S. The Kier molecular flexibility index (Phi) is 4.12. The molecule has 0 aliphatic carbocycles. The highest BCUT2D eigenvalue weighted by Crippen LogP contribution is 2.37. The Labute approximate surface area is 116 Å². The minimum atomic E-state index is 0.0269. The number of phenolic OH excluding ortho intramolecular Hbond substituents is 1. The van der Waals surface area contributed by atoms with Crippen LogP contribution in [-0.2, 0) is 0 Å². The van der Waals surface area contributed by atoms with Crippen LogP contribution >= 0.6 is 11.8 Å². The fraction of sp³-hybridized carbons (Fsp3) is 0.133. The lowest BCUT2D eigenvalue weighted by molar-refractivity contribution is 0.112. The molecule has 0 saturated heterocycles. The van der Waals surface area contributed by atoms with Crippen LogP contribution in [0.1, 0.15) is 10.4 Å². The molecule has 0 atom stereocenters. The first-order valence-corrected chi connectivity index (χ1v) is 6.93. The highest BCUT2D eigenvalue weighted by Gasteiger charge is 2.13. The van der Waals surface area contributed by atoms with E-state index in [0.29, 0.717) is 16.9 Å². The van der Waals surface area contributed by atoms with Crippen molar-refractivity contribution < 1.29 is 14.6 Å². The van der Waals surface area contributed by atoms with E-state index in [-0.39, 0.29) is 5.75 Å². The lowest BCUT2D eigenvalue weighted by Crippen LogP contribution is -1.92. The lowest BCUT2D eigenvalue weighted by Gasteiger charge is -2.12. The Morgan fingerprint density at radius 1 is 1.21 bits per heavy atom. The number of ether oxygens (including phenoxy) is 1. The molecule has 0 heterocycles. The number of thioether (sulfide) groups is 1. The van der Waals surface area contributed by atoms with Crippen LogP contribution in [-0.4, -0.2) is 24.8 Å². The van der Waals surface area contributed by atoms with Gasteiger partial charge in [-0.2, -0.15) is 0 Å². The molecule has 0 aliphatic heterocycles. The highest BCUT2D eigenvalue weighted by atomic mass is 32.2. The Morgan fingerprint density at radius 2 is 1.95 bits per heavy atom. The summed E-state index contributed by atoms with van der Waals surface area (Å²) in [5.74, 6) is 0.325. The van der Waals surface area contributed by atoms with Gasteiger partial charge in [0, 0.05) is 10.5 Å². The van der Waals surface area contributed by atoms with Gasteiger partial charge in [-0.1, -0.05) is 18.2 Å². The van der Waals surface area contributed by atoms with Crippen molar-refractivity contribution in [1.29, 1.82) is 0 Å². The topological polar surface area (TPSA) is 46.5 Å². The molecule has 0 bridgehead atoms. The summed E-state index contributed by atoms with van der Waals surface area (Å²) >= 11 is 1.60. The molecular weight excluding hydrogens is 260 g/mol. The number of carbonyl (C=O) groups is 1. The molecule has 3 nitrogen and oxygen atoms in total. The second-order valence-electron chi connectivity index (χ2n) is 3.93. The van der Waals surface area contributed by atoms with Crippen molar-refractivity contribution in [3.05, 3.63) is 42.0 Å².